The first kappa shape index (κ1) is 102. The second-order valence-electron chi connectivity index (χ2n) is 35.6. The van der Waals surface area contributed by atoms with Gasteiger partial charge in [-0.25, -0.2) is 43.5 Å². The Labute approximate surface area is 816 Å². The molecule has 25 nitrogen and oxygen atoms in total. The van der Waals surface area contributed by atoms with Crippen molar-refractivity contribution in [1.82, 2.24) is 61.8 Å². The third-order valence-corrected chi connectivity index (χ3v) is 25.3. The Morgan fingerprint density at radius 3 is 0.856 bits per heavy atom. The zero-order chi connectivity index (χ0) is 97.0. The molecule has 6 fully saturated rings. The molecule has 6 aliphatic rings. The van der Waals surface area contributed by atoms with Gasteiger partial charge in [0.15, 0.2) is 5.69 Å². The van der Waals surface area contributed by atoms with Crippen molar-refractivity contribution in [3.8, 4) is 35.3 Å². The number of carbonyl (C=O) groups is 6. The van der Waals surface area contributed by atoms with E-state index in [-0.39, 0.29) is 72.4 Å². The molecule has 7 heterocycles. The lowest BCUT2D eigenvalue weighted by atomic mass is 9.93. The maximum absolute atomic E-state index is 13.5. The van der Waals surface area contributed by atoms with Gasteiger partial charge in [0.25, 0.3) is 35.4 Å². The van der Waals surface area contributed by atoms with Gasteiger partial charge in [-0.05, 0) is 203 Å². The van der Waals surface area contributed by atoms with Gasteiger partial charge in [-0.15, -0.1) is 0 Å². The predicted octanol–water partition coefficient (Wildman–Crippen LogP) is 22.3. The van der Waals surface area contributed by atoms with Crippen molar-refractivity contribution in [2.75, 3.05) is 0 Å². The van der Waals surface area contributed by atoms with Gasteiger partial charge in [0.1, 0.15) is 51.3 Å². The molecule has 0 aliphatic heterocycles. The van der Waals surface area contributed by atoms with E-state index in [0.29, 0.717) is 131 Å². The predicted molar refractivity (Wildman–Crippen MR) is 531 cm³/mol. The van der Waals surface area contributed by atoms with Crippen LogP contribution in [0.25, 0.3) is 4.85 Å². The average Bonchev–Trinajstić information content (AvgIpc) is 1.52. The van der Waals surface area contributed by atoms with Crippen LogP contribution in [0.5, 0.6) is 35.3 Å². The quantitative estimate of drug-likeness (QED) is 0.0228. The van der Waals surface area contributed by atoms with Gasteiger partial charge >= 0.3 is 0 Å². The van der Waals surface area contributed by atoms with Gasteiger partial charge in [-0.1, -0.05) is 185 Å². The highest BCUT2D eigenvalue weighted by atomic mass is 32.1. The number of nitrogens with one attached hydrogen (secondary N) is 6. The van der Waals surface area contributed by atoms with Crippen LogP contribution in [0.2, 0.25) is 0 Å². The van der Waals surface area contributed by atoms with E-state index in [1.54, 1.807) is 151 Å². The summed E-state index contributed by atoms with van der Waals surface area (Å²) in [4.78, 5) is 101. The number of ether oxygens (including phenoxy) is 6. The first-order chi connectivity index (χ1) is 67.9. The SMILES string of the molecule is Cc1cccc(COc2ccc(C(=O)NC3CCC3)cn2)c1.Cc1cccc(COc2ccc(C(=O)NC3CCCCC3)cn2)c1.O=C(NC1CCC1)c1ccc(OCc2cccc(F)c2)nc1.O=C(NC1CCCCC1)c1ccc(OCc2ccccc2F)nc1.O=C(NC1CCCCC1)c1ccc(OCc2ccsc2)nc1.[C-]#[N+]c1cccc(COc2ccc(C(=O)NC3CCCCC3)cn2)c1. The number of rotatable bonds is 30. The van der Waals surface area contributed by atoms with Crippen molar-refractivity contribution in [3.63, 3.8) is 0 Å². The van der Waals surface area contributed by atoms with Gasteiger partial charge in [-0.2, -0.15) is 11.3 Å². The molecule has 7 aromatic heterocycles. The van der Waals surface area contributed by atoms with Crippen molar-refractivity contribution in [1.29, 1.82) is 0 Å². The van der Waals surface area contributed by atoms with Crippen molar-refractivity contribution in [2.24, 2.45) is 0 Å². The largest absolute Gasteiger partial charge is 0.473 e. The van der Waals surface area contributed by atoms with Crippen LogP contribution in [0.1, 0.15) is 274 Å². The van der Waals surface area contributed by atoms with E-state index in [4.69, 9.17) is 35.0 Å². The lowest BCUT2D eigenvalue weighted by Gasteiger charge is -2.26. The number of hydrogen-bond donors (Lipinski definition) is 6. The first-order valence-electron chi connectivity index (χ1n) is 48.3. The van der Waals surface area contributed by atoms with Crippen LogP contribution in [0.4, 0.5) is 14.5 Å². The van der Waals surface area contributed by atoms with Crippen LogP contribution < -0.4 is 60.3 Å². The second-order valence-corrected chi connectivity index (χ2v) is 36.4. The van der Waals surface area contributed by atoms with Crippen molar-refractivity contribution in [3.05, 3.63) is 349 Å². The van der Waals surface area contributed by atoms with E-state index >= 15 is 0 Å². The highest BCUT2D eigenvalue weighted by Crippen LogP contribution is 2.28. The number of pyridine rings is 6. The maximum atomic E-state index is 13.5. The summed E-state index contributed by atoms with van der Waals surface area (Å²) in [5.41, 5.74) is 11.8. The van der Waals surface area contributed by atoms with Crippen molar-refractivity contribution < 1.29 is 66.0 Å². The average molecular weight is 1900 g/mol. The van der Waals surface area contributed by atoms with E-state index in [1.165, 1.54) is 132 Å². The summed E-state index contributed by atoms with van der Waals surface area (Å²) < 4.78 is 60.1. The molecule has 0 saturated heterocycles. The van der Waals surface area contributed by atoms with Gasteiger partial charge in [0.2, 0.25) is 35.3 Å². The second kappa shape index (κ2) is 55.2. The molecule has 28 heteroatoms. The Morgan fingerprint density at radius 2 is 0.590 bits per heavy atom. The molecule has 724 valence electrons. The molecule has 0 radical (unpaired) electrons. The molecule has 0 unspecified atom stereocenters. The first-order valence-corrected chi connectivity index (χ1v) is 49.3. The molecule has 6 N–H and O–H groups in total. The minimum absolute atomic E-state index is 0.0382. The van der Waals surface area contributed by atoms with Crippen molar-refractivity contribution in [2.45, 2.75) is 257 Å². The van der Waals surface area contributed by atoms with Gasteiger partial charge < -0.3 is 60.3 Å². The number of carbonyl (C=O) groups excluding carboxylic acids is 6. The van der Waals surface area contributed by atoms with Crippen LogP contribution >= 0.6 is 11.3 Å². The molecule has 0 bridgehead atoms. The maximum Gasteiger partial charge on any atom is 0.253 e. The van der Waals surface area contributed by atoms with Gasteiger partial charge in [-0.3, -0.25) is 28.8 Å². The Hall–Kier alpha value is -14.3. The number of aryl methyl sites for hydroxylation is 2. The Bertz CT molecular complexity index is 5750. The van der Waals surface area contributed by atoms with Crippen LogP contribution in [-0.4, -0.2) is 102 Å². The smallest absolute Gasteiger partial charge is 0.253 e. The lowest BCUT2D eigenvalue weighted by Crippen LogP contribution is -2.39. The molecule has 0 atom stereocenters. The van der Waals surface area contributed by atoms with E-state index in [0.717, 1.165) is 105 Å². The van der Waals surface area contributed by atoms with E-state index < -0.39 is 0 Å². The summed E-state index contributed by atoms with van der Waals surface area (Å²) in [6.45, 7) is 13.3. The van der Waals surface area contributed by atoms with Crippen LogP contribution in [0.3, 0.4) is 0 Å². The minimum Gasteiger partial charge on any atom is -0.473 e. The molecule has 6 saturated carbocycles. The highest BCUT2D eigenvalue weighted by molar-refractivity contribution is 7.08. The molecule has 139 heavy (non-hydrogen) atoms. The summed E-state index contributed by atoms with van der Waals surface area (Å²) in [6, 6.07) is 60.8. The van der Waals surface area contributed by atoms with E-state index in [2.05, 4.69) is 105 Å². The zero-order valence-electron chi connectivity index (χ0n) is 79.0. The molecule has 6 aliphatic carbocycles. The molecule has 18 rings (SSSR count). The fourth-order valence-electron chi connectivity index (χ4n) is 16.2. The molecule has 6 amide bonds. The molecular weight excluding hydrogens is 1780 g/mol. The molecular formula is C111H123F2N13O12S. The number of halogens is 2. The number of benzene rings is 5. The molecule has 0 spiro atoms. The lowest BCUT2D eigenvalue weighted by molar-refractivity contribution is 0.0908. The Balaban J connectivity index is 0.000000141. The van der Waals surface area contributed by atoms with Crippen LogP contribution in [0.15, 0.2) is 248 Å². The Kier molecular flexibility index (Phi) is 40.5. The topological polar surface area (TPSA) is 312 Å². The van der Waals surface area contributed by atoms with E-state index in [1.807, 2.05) is 53.2 Å². The van der Waals surface area contributed by atoms with Gasteiger partial charge in [0, 0.05) is 121 Å². The summed E-state index contributed by atoms with van der Waals surface area (Å²) in [7, 11) is 0. The number of thiophene rings is 1. The van der Waals surface area contributed by atoms with E-state index in [9.17, 15) is 37.5 Å². The number of nitrogens with zero attached hydrogens (tertiary/aromatic N) is 7. The summed E-state index contributed by atoms with van der Waals surface area (Å²) in [5, 5.41) is 22.3. The molecule has 5 aromatic carbocycles. The number of aromatic nitrogens is 6. The monoisotopic (exact) mass is 1900 g/mol. The fraction of sp³-hybridized carbons (Fsp3) is 0.360. The number of hydrogen-bond acceptors (Lipinski definition) is 19. The minimum atomic E-state index is -0.305. The van der Waals surface area contributed by atoms with Gasteiger partial charge in [0.05, 0.1) is 40.0 Å². The third kappa shape index (κ3) is 35.3. The highest BCUT2D eigenvalue weighted by Gasteiger charge is 2.25. The van der Waals surface area contributed by atoms with Crippen LogP contribution in [-0.2, 0) is 39.6 Å². The fourth-order valence-corrected chi connectivity index (χ4v) is 16.8. The summed E-state index contributed by atoms with van der Waals surface area (Å²) >= 11 is 1.64. The molecule has 12 aromatic rings. The Morgan fingerprint density at radius 1 is 0.309 bits per heavy atom. The number of amides is 6. The zero-order valence-corrected chi connectivity index (χ0v) is 79.8. The van der Waals surface area contributed by atoms with Crippen molar-refractivity contribution >= 4 is 52.5 Å². The summed E-state index contributed by atoms with van der Waals surface area (Å²) in [5.74, 6) is 1.83. The van der Waals surface area contributed by atoms with Crippen LogP contribution in [0, 0.1) is 32.1 Å². The standard InChI is InChI=1S/C20H21N3O2.C20H24N2O2.C19H21FN2O2.C18H20N2O2.C17H17FN2O2.C17H20N2O2S/c1-21-18-9-5-6-15(12-18)14-25-19-11-10-16(13-22-19)20(24)23-17-7-3-2-4-8-17;1-15-6-5-7-16(12-15)14-24-19-11-10-17(13-21-19)20(23)22-18-8-3-2-4-9-18;20-17-9-5-4-6-15(17)13-24-18-11-10-14(12-21-18)19(23)22-16-7-2-1-3-8-16;1-13-4-2-5-14(10-13)12-22-17-9-8-15(11-19-17)18(21)20-16-6-3-7-16;18-14-4-1-3-12(9-14)11-22-16-8-7-13(10-19-16)17(21)20-15-5-2-6-15;20-17(19-15-4-2-1-3-5-15)14-6-7-16(18-10-14)21-11-13-8-9-22-12-13/h5-6,9-13,17H,2-4,7-8,14H2,(H,23,24);5-7,10-13,18H,2-4,8-9,14H2,1H3,(H,22,23);4-6,9-12,16H,1-3,7-8,13H2,(H,22,23);2,4-5,8-11,16H,3,6-7,12H2,1H3,(H,20,21);1,3-4,7-10,15H,2,5-6,11H2,(H,20,21);6-10,12,15H,1-5,11H2,(H,19,20). The normalized spacial score (nSPS) is 14.8. The third-order valence-electron chi connectivity index (χ3n) is 24.6. The summed E-state index contributed by atoms with van der Waals surface area (Å²) in [6.07, 6.45) is 39.1.